The maximum atomic E-state index is 13.8. The lowest BCUT2D eigenvalue weighted by Gasteiger charge is -1.99. The first-order valence-electron chi connectivity index (χ1n) is 8.38. The molecule has 0 saturated carbocycles. The summed E-state index contributed by atoms with van der Waals surface area (Å²) in [6, 6.07) is 14.9. The molecule has 4 rings (SSSR count). The highest BCUT2D eigenvalue weighted by atomic mass is 19.1. The van der Waals surface area contributed by atoms with Gasteiger partial charge in [-0.3, -0.25) is 9.98 Å². The number of aromatic nitrogens is 1. The Balaban J connectivity index is 1.50. The lowest BCUT2D eigenvalue weighted by Crippen LogP contribution is -1.84. The molecule has 0 saturated heterocycles. The van der Waals surface area contributed by atoms with Crippen LogP contribution in [0, 0.1) is 11.6 Å². The summed E-state index contributed by atoms with van der Waals surface area (Å²) in [4.78, 5) is 11.6. The third kappa shape index (κ3) is 3.67. The summed E-state index contributed by atoms with van der Waals surface area (Å²) in [5.74, 6) is -0.586. The van der Waals surface area contributed by atoms with E-state index in [1.54, 1.807) is 67.3 Å². The Kier molecular flexibility index (Phi) is 4.58. The molecule has 1 aliphatic heterocycles. The van der Waals surface area contributed by atoms with Crippen LogP contribution in [0.25, 0.3) is 17.0 Å². The van der Waals surface area contributed by atoms with Crippen LogP contribution in [0.1, 0.15) is 11.1 Å². The maximum absolute atomic E-state index is 13.8. The molecule has 5 heteroatoms. The smallest absolute Gasteiger partial charge is 0.132 e. The lowest BCUT2D eigenvalue weighted by molar-refractivity contribution is 0.624. The van der Waals surface area contributed by atoms with Crippen molar-refractivity contribution >= 4 is 18.1 Å². The second-order valence-corrected chi connectivity index (χ2v) is 6.00. The summed E-state index contributed by atoms with van der Waals surface area (Å²) in [5.41, 5.74) is 3.81. The minimum absolute atomic E-state index is 0.280. The molecule has 0 amide bonds. The third-order valence-corrected chi connectivity index (χ3v) is 4.12. The summed E-state index contributed by atoms with van der Waals surface area (Å²) in [6.07, 6.45) is 8.48. The minimum atomic E-state index is -0.307. The van der Waals surface area contributed by atoms with Crippen molar-refractivity contribution in [3.05, 3.63) is 101 Å². The summed E-state index contributed by atoms with van der Waals surface area (Å²) >= 11 is 0. The van der Waals surface area contributed by atoms with Gasteiger partial charge in [-0.1, -0.05) is 24.3 Å². The van der Waals surface area contributed by atoms with Gasteiger partial charge in [-0.25, -0.2) is 8.78 Å². The highest BCUT2D eigenvalue weighted by molar-refractivity contribution is 5.96. The molecular weight excluding hydrogens is 344 g/mol. The molecule has 1 aliphatic rings. The number of nitrogens with one attached hydrogen (secondary N) is 1. The van der Waals surface area contributed by atoms with Gasteiger partial charge in [-0.2, -0.15) is 0 Å². The van der Waals surface area contributed by atoms with Crippen molar-refractivity contribution in [1.29, 1.82) is 0 Å². The highest BCUT2D eigenvalue weighted by Crippen LogP contribution is 2.24. The number of nitrogens with zero attached hydrogens (tertiary/aromatic N) is 2. The van der Waals surface area contributed by atoms with Crippen LogP contribution in [-0.4, -0.2) is 17.4 Å². The van der Waals surface area contributed by atoms with Crippen LogP contribution in [-0.2, 0) is 0 Å². The van der Waals surface area contributed by atoms with Crippen molar-refractivity contribution in [2.45, 2.75) is 0 Å². The molecule has 0 atom stereocenters. The minimum Gasteiger partial charge on any atom is -0.360 e. The Hall–Kier alpha value is -3.60. The standard InChI is InChI=1S/C22H15F2N3/c23-19-7-3-1-5-17(19)21-9-15(13-26-21)11-25-12-16-10-22(27-14-16)18-6-2-4-8-20(18)24/h1-14,26H. The van der Waals surface area contributed by atoms with E-state index in [4.69, 9.17) is 0 Å². The van der Waals surface area contributed by atoms with Crippen LogP contribution >= 0.6 is 0 Å². The van der Waals surface area contributed by atoms with Gasteiger partial charge in [0.05, 0.1) is 5.70 Å². The van der Waals surface area contributed by atoms with Crippen LogP contribution in [0.2, 0.25) is 0 Å². The van der Waals surface area contributed by atoms with Crippen LogP contribution in [0.5, 0.6) is 0 Å². The summed E-state index contributed by atoms with van der Waals surface area (Å²) < 4.78 is 27.7. The Bertz CT molecular complexity index is 1100. The Morgan fingerprint density at radius 3 is 2.37 bits per heavy atom. The monoisotopic (exact) mass is 359 g/mol. The molecule has 3 nitrogen and oxygen atoms in total. The summed E-state index contributed by atoms with van der Waals surface area (Å²) in [6.45, 7) is 0. The maximum Gasteiger partial charge on any atom is 0.132 e. The number of benzene rings is 2. The molecule has 0 radical (unpaired) electrons. The fraction of sp³-hybridized carbons (Fsp3) is 0. The third-order valence-electron chi connectivity index (χ3n) is 4.12. The van der Waals surface area contributed by atoms with Crippen molar-refractivity contribution in [2.24, 2.45) is 9.98 Å². The fourth-order valence-corrected chi connectivity index (χ4v) is 2.79. The largest absolute Gasteiger partial charge is 0.360 e. The number of halogens is 2. The van der Waals surface area contributed by atoms with Crippen LogP contribution in [0.15, 0.2) is 88.6 Å². The van der Waals surface area contributed by atoms with Gasteiger partial charge in [-0.15, -0.1) is 0 Å². The molecule has 3 aromatic rings. The molecule has 0 bridgehead atoms. The average molecular weight is 359 g/mol. The van der Waals surface area contributed by atoms with E-state index < -0.39 is 0 Å². The fourth-order valence-electron chi connectivity index (χ4n) is 2.79. The van der Waals surface area contributed by atoms with Crippen molar-refractivity contribution in [3.8, 4) is 11.3 Å². The first-order chi connectivity index (χ1) is 13.2. The molecular formula is C22H15F2N3. The first-order valence-corrected chi connectivity index (χ1v) is 8.38. The van der Waals surface area contributed by atoms with Crippen LogP contribution in [0.3, 0.4) is 0 Å². The molecule has 2 heterocycles. The zero-order valence-electron chi connectivity index (χ0n) is 14.2. The van der Waals surface area contributed by atoms with E-state index in [0.717, 1.165) is 11.1 Å². The second kappa shape index (κ2) is 7.33. The van der Waals surface area contributed by atoms with Gasteiger partial charge in [0, 0.05) is 52.8 Å². The van der Waals surface area contributed by atoms with Crippen LogP contribution in [0.4, 0.5) is 8.78 Å². The predicted molar refractivity (Wildman–Crippen MR) is 105 cm³/mol. The molecule has 27 heavy (non-hydrogen) atoms. The first kappa shape index (κ1) is 16.8. The van der Waals surface area contributed by atoms with Gasteiger partial charge in [0.25, 0.3) is 0 Å². The van der Waals surface area contributed by atoms with E-state index in [1.807, 2.05) is 6.07 Å². The van der Waals surface area contributed by atoms with Gasteiger partial charge in [0.2, 0.25) is 0 Å². The van der Waals surface area contributed by atoms with Gasteiger partial charge in [0.15, 0.2) is 0 Å². The zero-order valence-corrected chi connectivity index (χ0v) is 14.2. The number of rotatable bonds is 4. The zero-order chi connectivity index (χ0) is 18.6. The summed E-state index contributed by atoms with van der Waals surface area (Å²) in [5, 5.41) is 0. The predicted octanol–water partition coefficient (Wildman–Crippen LogP) is 5.39. The second-order valence-electron chi connectivity index (χ2n) is 6.00. The molecule has 1 N–H and O–H groups in total. The Morgan fingerprint density at radius 2 is 1.63 bits per heavy atom. The van der Waals surface area contributed by atoms with Gasteiger partial charge in [-0.05, 0) is 36.4 Å². The molecule has 0 unspecified atom stereocenters. The summed E-state index contributed by atoms with van der Waals surface area (Å²) in [7, 11) is 0. The van der Waals surface area contributed by atoms with Crippen LogP contribution < -0.4 is 0 Å². The van der Waals surface area contributed by atoms with Crippen molar-refractivity contribution < 1.29 is 8.78 Å². The quantitative estimate of drug-likeness (QED) is 0.607. The molecule has 1 aromatic heterocycles. The number of allylic oxidation sites excluding steroid dienone is 2. The Morgan fingerprint density at radius 1 is 0.926 bits per heavy atom. The van der Waals surface area contributed by atoms with Gasteiger partial charge < -0.3 is 4.98 Å². The molecule has 132 valence electrons. The number of hydrogen-bond donors (Lipinski definition) is 1. The molecule has 2 aromatic carbocycles. The van der Waals surface area contributed by atoms with E-state index >= 15 is 0 Å². The van der Waals surface area contributed by atoms with Crippen molar-refractivity contribution in [3.63, 3.8) is 0 Å². The number of aliphatic imine (C=N–C) groups is 2. The SMILES string of the molecule is Fc1ccccc1C1=CC(=CN=Cc2c[nH]c(-c3ccccc3F)c2)C=N1. The van der Waals surface area contributed by atoms with E-state index in [1.165, 1.54) is 12.1 Å². The number of aromatic amines is 1. The number of hydrogen-bond acceptors (Lipinski definition) is 2. The van der Waals surface area contributed by atoms with E-state index in [-0.39, 0.29) is 11.6 Å². The van der Waals surface area contributed by atoms with Crippen molar-refractivity contribution in [1.82, 2.24) is 4.98 Å². The molecule has 0 fully saturated rings. The highest BCUT2D eigenvalue weighted by Gasteiger charge is 2.10. The lowest BCUT2D eigenvalue weighted by atomic mass is 10.1. The van der Waals surface area contributed by atoms with Crippen molar-refractivity contribution in [2.75, 3.05) is 0 Å². The van der Waals surface area contributed by atoms with Gasteiger partial charge >= 0.3 is 0 Å². The molecule has 0 spiro atoms. The number of H-pyrrole nitrogens is 1. The van der Waals surface area contributed by atoms with E-state index in [0.29, 0.717) is 22.5 Å². The van der Waals surface area contributed by atoms with E-state index in [9.17, 15) is 8.78 Å². The Labute approximate surface area is 155 Å². The van der Waals surface area contributed by atoms with E-state index in [2.05, 4.69) is 15.0 Å². The molecule has 0 aliphatic carbocycles. The average Bonchev–Trinajstić information content (AvgIpc) is 3.33. The normalized spacial score (nSPS) is 15.0. The topological polar surface area (TPSA) is 40.5 Å². The van der Waals surface area contributed by atoms with Gasteiger partial charge in [0.1, 0.15) is 11.6 Å².